The Bertz CT molecular complexity index is 1540. The summed E-state index contributed by atoms with van der Waals surface area (Å²) in [5.41, 5.74) is -5.01. The van der Waals surface area contributed by atoms with Crippen LogP contribution in [0.15, 0.2) is 54.6 Å². The number of nitrogens with one attached hydrogen (secondary N) is 1. The number of nitrogens with zero attached hydrogens (tertiary/aromatic N) is 2. The van der Waals surface area contributed by atoms with Gasteiger partial charge in [-0.05, 0) is 47.4 Å². The van der Waals surface area contributed by atoms with Gasteiger partial charge in [-0.1, -0.05) is 57.2 Å². The lowest BCUT2D eigenvalue weighted by atomic mass is 9.85. The molecule has 0 aliphatic carbocycles. The topological polar surface area (TPSA) is 127 Å². The molecule has 9 nitrogen and oxygen atoms in total. The van der Waals surface area contributed by atoms with E-state index in [0.29, 0.717) is 30.6 Å². The minimum atomic E-state index is -5.76. The van der Waals surface area contributed by atoms with Gasteiger partial charge in [0.1, 0.15) is 12.1 Å². The number of rotatable bonds is 8. The Morgan fingerprint density at radius 2 is 1.79 bits per heavy atom. The zero-order valence-electron chi connectivity index (χ0n) is 23.7. The SMILES string of the molecule is CN(Cc1ccccc1)C(=O)[C@@H]1CCCN1C(=O)[C@@H](NC(=O)c1cc2cc(C(F)(F)P(=O)(O)O)ccc2s1)C(C)(C)C. The van der Waals surface area contributed by atoms with E-state index in [1.54, 1.807) is 32.7 Å². The highest BCUT2D eigenvalue weighted by molar-refractivity contribution is 7.52. The number of likely N-dealkylation sites (N-methyl/N-ethyl adjacent to an activating group) is 1. The van der Waals surface area contributed by atoms with Crippen LogP contribution in [0.1, 0.15) is 54.4 Å². The number of carbonyl (C=O) groups is 3. The molecule has 4 rings (SSSR count). The summed E-state index contributed by atoms with van der Waals surface area (Å²) >= 11 is 1.00. The molecule has 0 saturated carbocycles. The van der Waals surface area contributed by atoms with Crippen LogP contribution in [0.2, 0.25) is 0 Å². The van der Waals surface area contributed by atoms with Crippen molar-refractivity contribution < 1.29 is 37.5 Å². The maximum atomic E-state index is 14.2. The second kappa shape index (κ2) is 11.8. The molecule has 0 radical (unpaired) electrons. The van der Waals surface area contributed by atoms with Crippen molar-refractivity contribution in [1.82, 2.24) is 15.1 Å². The summed E-state index contributed by atoms with van der Waals surface area (Å²) in [6.45, 7) is 6.16. The van der Waals surface area contributed by atoms with Crippen LogP contribution >= 0.6 is 18.9 Å². The van der Waals surface area contributed by atoms with Crippen molar-refractivity contribution >= 4 is 46.7 Å². The molecular formula is C29H34F2N3O6PS. The van der Waals surface area contributed by atoms with E-state index in [2.05, 4.69) is 5.32 Å². The smallest absolute Gasteiger partial charge is 0.340 e. The predicted octanol–water partition coefficient (Wildman–Crippen LogP) is 4.92. The first-order chi connectivity index (χ1) is 19.5. The molecule has 1 saturated heterocycles. The highest BCUT2D eigenvalue weighted by Crippen LogP contribution is 2.59. The molecule has 226 valence electrons. The summed E-state index contributed by atoms with van der Waals surface area (Å²) in [6.07, 6.45) is 1.15. The van der Waals surface area contributed by atoms with Crippen molar-refractivity contribution in [3.63, 3.8) is 0 Å². The Labute approximate surface area is 246 Å². The van der Waals surface area contributed by atoms with E-state index in [0.717, 1.165) is 29.0 Å². The predicted molar refractivity (Wildman–Crippen MR) is 156 cm³/mol. The molecule has 2 heterocycles. The lowest BCUT2D eigenvalue weighted by Crippen LogP contribution is -2.57. The average molecular weight is 622 g/mol. The lowest BCUT2D eigenvalue weighted by molar-refractivity contribution is -0.145. The number of carbonyl (C=O) groups excluding carboxylic acids is 3. The van der Waals surface area contributed by atoms with E-state index in [9.17, 15) is 27.7 Å². The van der Waals surface area contributed by atoms with Gasteiger partial charge >= 0.3 is 13.3 Å². The molecule has 3 N–H and O–H groups in total. The highest BCUT2D eigenvalue weighted by atomic mass is 32.1. The van der Waals surface area contributed by atoms with Gasteiger partial charge < -0.3 is 24.9 Å². The fourth-order valence-corrected chi connectivity index (χ4v) is 6.43. The van der Waals surface area contributed by atoms with Crippen LogP contribution in [-0.2, 0) is 26.4 Å². The standard InChI is InChI=1S/C29H34F2N3O6PS/c1-28(2,3)24(27(37)34-14-8-11-21(34)26(36)33(4)17-18-9-6-5-7-10-18)32-25(35)23-16-19-15-20(12-13-22(19)42-23)29(30,31)41(38,39)40/h5-7,9-10,12-13,15-16,21,24H,8,11,14,17H2,1-4H3,(H,32,35)(H2,38,39,40)/t21-,24+/m0/s1. The van der Waals surface area contributed by atoms with E-state index < -0.39 is 42.2 Å². The van der Waals surface area contributed by atoms with Crippen LogP contribution in [0.25, 0.3) is 10.1 Å². The van der Waals surface area contributed by atoms with Crippen molar-refractivity contribution in [2.75, 3.05) is 13.6 Å². The van der Waals surface area contributed by atoms with Crippen molar-refractivity contribution in [3.8, 4) is 0 Å². The first-order valence-corrected chi connectivity index (χ1v) is 15.8. The van der Waals surface area contributed by atoms with Gasteiger partial charge in [-0.3, -0.25) is 18.9 Å². The zero-order chi connectivity index (χ0) is 31.0. The summed E-state index contributed by atoms with van der Waals surface area (Å²) in [7, 11) is -4.06. The summed E-state index contributed by atoms with van der Waals surface area (Å²) in [6, 6.07) is 12.4. The molecule has 3 amide bonds. The number of thiophene rings is 1. The van der Waals surface area contributed by atoms with Crippen LogP contribution in [-0.4, -0.2) is 63.0 Å². The maximum absolute atomic E-state index is 14.2. The van der Waals surface area contributed by atoms with Crippen molar-refractivity contribution in [2.45, 2.75) is 57.9 Å². The molecule has 0 bridgehead atoms. The molecule has 1 aromatic heterocycles. The molecule has 1 aliphatic heterocycles. The third kappa shape index (κ3) is 6.57. The molecule has 13 heteroatoms. The third-order valence-electron chi connectivity index (χ3n) is 7.30. The second-order valence-electron chi connectivity index (χ2n) is 11.6. The van der Waals surface area contributed by atoms with Crippen LogP contribution in [0.3, 0.4) is 0 Å². The number of likely N-dealkylation sites (tertiary alicyclic amines) is 1. The van der Waals surface area contributed by atoms with Gasteiger partial charge in [0.15, 0.2) is 0 Å². The number of alkyl halides is 2. The number of hydrogen-bond donors (Lipinski definition) is 3. The fourth-order valence-electron chi connectivity index (χ4n) is 5.00. The molecule has 0 unspecified atom stereocenters. The van der Waals surface area contributed by atoms with Gasteiger partial charge in [0.05, 0.1) is 4.88 Å². The van der Waals surface area contributed by atoms with Crippen LogP contribution in [0.5, 0.6) is 0 Å². The molecule has 2 atom stereocenters. The van der Waals surface area contributed by atoms with Crippen LogP contribution in [0, 0.1) is 5.41 Å². The summed E-state index contributed by atoms with van der Waals surface area (Å²) < 4.78 is 40.2. The van der Waals surface area contributed by atoms with Gasteiger partial charge in [0.2, 0.25) is 11.8 Å². The quantitative estimate of drug-likeness (QED) is 0.307. The van der Waals surface area contributed by atoms with E-state index in [1.807, 2.05) is 30.3 Å². The monoisotopic (exact) mass is 621 g/mol. The van der Waals surface area contributed by atoms with Gasteiger partial charge in [0.25, 0.3) is 5.91 Å². The summed E-state index contributed by atoms with van der Waals surface area (Å²) in [5, 5.41) is 3.00. The Morgan fingerprint density at radius 3 is 2.40 bits per heavy atom. The first-order valence-electron chi connectivity index (χ1n) is 13.4. The van der Waals surface area contributed by atoms with E-state index in [1.165, 1.54) is 17.0 Å². The van der Waals surface area contributed by atoms with E-state index >= 15 is 0 Å². The van der Waals surface area contributed by atoms with E-state index in [-0.39, 0.29) is 22.1 Å². The molecule has 1 fully saturated rings. The Morgan fingerprint density at radius 1 is 1.12 bits per heavy atom. The molecule has 3 aromatic rings. The number of amides is 3. The molecule has 2 aromatic carbocycles. The first kappa shape index (κ1) is 31.7. The zero-order valence-corrected chi connectivity index (χ0v) is 25.4. The van der Waals surface area contributed by atoms with E-state index in [4.69, 9.17) is 9.79 Å². The summed E-state index contributed by atoms with van der Waals surface area (Å²) in [4.78, 5) is 62.0. The maximum Gasteiger partial charge on any atom is 0.399 e. The van der Waals surface area contributed by atoms with Gasteiger partial charge in [-0.15, -0.1) is 11.3 Å². The Kier molecular flexibility index (Phi) is 8.95. The number of halogens is 2. The lowest BCUT2D eigenvalue weighted by Gasteiger charge is -2.36. The summed E-state index contributed by atoms with van der Waals surface area (Å²) in [5.74, 6) is -1.17. The molecule has 42 heavy (non-hydrogen) atoms. The van der Waals surface area contributed by atoms with Crippen molar-refractivity contribution in [3.05, 3.63) is 70.6 Å². The normalized spacial score (nSPS) is 16.9. The van der Waals surface area contributed by atoms with Crippen molar-refractivity contribution in [2.24, 2.45) is 5.41 Å². The average Bonchev–Trinajstić information content (AvgIpc) is 3.57. The number of benzene rings is 2. The van der Waals surface area contributed by atoms with Gasteiger partial charge in [-0.2, -0.15) is 8.78 Å². The van der Waals surface area contributed by atoms with Crippen molar-refractivity contribution in [1.29, 1.82) is 0 Å². The molecular weight excluding hydrogens is 587 g/mol. The molecule has 0 spiro atoms. The third-order valence-corrected chi connectivity index (χ3v) is 9.41. The largest absolute Gasteiger partial charge is 0.399 e. The van der Waals surface area contributed by atoms with Crippen LogP contribution < -0.4 is 5.32 Å². The Hall–Kier alpha value is -3.18. The highest BCUT2D eigenvalue weighted by Gasteiger charge is 2.50. The fraction of sp³-hybridized carbons (Fsp3) is 0.414. The Balaban J connectivity index is 1.53. The van der Waals surface area contributed by atoms with Gasteiger partial charge in [-0.25, -0.2) is 0 Å². The number of fused-ring (bicyclic) bond motifs is 1. The minimum absolute atomic E-state index is 0.139. The second-order valence-corrected chi connectivity index (χ2v) is 14.3. The minimum Gasteiger partial charge on any atom is -0.340 e. The van der Waals surface area contributed by atoms with Gasteiger partial charge in [0, 0.05) is 30.4 Å². The number of hydrogen-bond acceptors (Lipinski definition) is 5. The van der Waals surface area contributed by atoms with Crippen LogP contribution in [0.4, 0.5) is 8.78 Å². The molecule has 1 aliphatic rings.